The Balaban J connectivity index is 1.46. The molecule has 37 heavy (non-hydrogen) atoms. The monoisotopic (exact) mass is 501 g/mol. The number of rotatable bonds is 11. The van der Waals surface area contributed by atoms with Gasteiger partial charge in [0.2, 0.25) is 0 Å². The maximum absolute atomic E-state index is 12.6. The van der Waals surface area contributed by atoms with Gasteiger partial charge in [0.25, 0.3) is 5.91 Å². The minimum absolute atomic E-state index is 0.00930. The zero-order valence-corrected chi connectivity index (χ0v) is 21.3. The third kappa shape index (κ3) is 8.38. The van der Waals surface area contributed by atoms with Gasteiger partial charge in [-0.3, -0.25) is 9.59 Å². The lowest BCUT2D eigenvalue weighted by Gasteiger charge is -2.21. The third-order valence-electron chi connectivity index (χ3n) is 5.52. The van der Waals surface area contributed by atoms with E-state index in [0.717, 1.165) is 18.5 Å². The molecular formula is C29H31N3O5. The fourth-order valence-electron chi connectivity index (χ4n) is 3.46. The summed E-state index contributed by atoms with van der Waals surface area (Å²) in [6, 6.07) is 22.5. The van der Waals surface area contributed by atoms with Gasteiger partial charge in [0.1, 0.15) is 13.2 Å². The Morgan fingerprint density at radius 2 is 1.32 bits per heavy atom. The molecular weight excluding hydrogens is 470 g/mol. The Bertz CT molecular complexity index is 1220. The van der Waals surface area contributed by atoms with Gasteiger partial charge in [-0.05, 0) is 80.9 Å². The number of esters is 2. The van der Waals surface area contributed by atoms with E-state index in [-0.39, 0.29) is 25.1 Å². The highest BCUT2D eigenvalue weighted by Gasteiger charge is 2.28. The fourth-order valence-corrected chi connectivity index (χ4v) is 3.46. The van der Waals surface area contributed by atoms with Crippen LogP contribution in [0.15, 0.2) is 89.1 Å². The van der Waals surface area contributed by atoms with Crippen molar-refractivity contribution in [2.24, 2.45) is 15.6 Å². The van der Waals surface area contributed by atoms with Gasteiger partial charge in [-0.15, -0.1) is 0 Å². The molecule has 0 heterocycles. The van der Waals surface area contributed by atoms with Crippen molar-refractivity contribution in [3.8, 4) is 0 Å². The number of nitrogens with zero attached hydrogens (tertiary/aromatic N) is 2. The molecule has 0 aliphatic carbocycles. The maximum atomic E-state index is 12.6. The van der Waals surface area contributed by atoms with Crippen LogP contribution >= 0.6 is 0 Å². The first-order chi connectivity index (χ1) is 17.8. The van der Waals surface area contributed by atoms with E-state index in [9.17, 15) is 14.4 Å². The number of hydrogen-bond acceptors (Lipinski definition) is 7. The highest BCUT2D eigenvalue weighted by atomic mass is 16.6. The predicted octanol–water partition coefficient (Wildman–Crippen LogP) is 6.88. The van der Waals surface area contributed by atoms with Crippen LogP contribution in [0.25, 0.3) is 0 Å². The summed E-state index contributed by atoms with van der Waals surface area (Å²) < 4.78 is 10.4. The van der Waals surface area contributed by atoms with Crippen LogP contribution in [0.4, 0.5) is 17.1 Å². The average Bonchev–Trinajstić information content (AvgIpc) is 2.91. The summed E-state index contributed by atoms with van der Waals surface area (Å²) in [5, 5.41) is 11.1. The van der Waals surface area contributed by atoms with E-state index in [1.807, 2.05) is 51.1 Å². The molecule has 0 unspecified atom stereocenters. The Morgan fingerprint density at radius 1 is 0.757 bits per heavy atom. The van der Waals surface area contributed by atoms with E-state index < -0.39 is 11.4 Å². The normalized spacial score (nSPS) is 11.2. The van der Waals surface area contributed by atoms with E-state index in [1.165, 1.54) is 12.1 Å². The van der Waals surface area contributed by atoms with Gasteiger partial charge in [-0.2, -0.15) is 10.2 Å². The lowest BCUT2D eigenvalue weighted by atomic mass is 9.88. The lowest BCUT2D eigenvalue weighted by molar-refractivity contribution is -0.155. The minimum Gasteiger partial charge on any atom is -0.462 e. The first-order valence-electron chi connectivity index (χ1n) is 12.1. The summed E-state index contributed by atoms with van der Waals surface area (Å²) in [5.74, 6) is -1.19. The lowest BCUT2D eigenvalue weighted by Crippen LogP contribution is -2.27. The molecule has 0 fully saturated rings. The number of anilines is 1. The predicted molar refractivity (Wildman–Crippen MR) is 141 cm³/mol. The molecule has 3 aromatic rings. The van der Waals surface area contributed by atoms with Gasteiger partial charge >= 0.3 is 11.9 Å². The summed E-state index contributed by atoms with van der Waals surface area (Å²) in [6.07, 6.45) is 1.59. The minimum atomic E-state index is -0.565. The molecule has 0 bridgehead atoms. The molecule has 0 atom stereocenters. The third-order valence-corrected chi connectivity index (χ3v) is 5.52. The average molecular weight is 502 g/mol. The molecule has 0 saturated heterocycles. The number of benzene rings is 3. The number of amides is 1. The zero-order valence-electron chi connectivity index (χ0n) is 21.3. The molecule has 0 radical (unpaired) electrons. The van der Waals surface area contributed by atoms with E-state index >= 15 is 0 Å². The van der Waals surface area contributed by atoms with Crippen LogP contribution in [0.1, 0.15) is 54.3 Å². The van der Waals surface area contributed by atoms with Crippen LogP contribution < -0.4 is 5.32 Å². The second kappa shape index (κ2) is 13.1. The number of azo groups is 1. The number of hydrogen-bond donors (Lipinski definition) is 1. The Labute approximate surface area is 216 Å². The van der Waals surface area contributed by atoms with Crippen LogP contribution in [-0.2, 0) is 14.3 Å². The van der Waals surface area contributed by atoms with Crippen molar-refractivity contribution in [1.29, 1.82) is 0 Å². The maximum Gasteiger partial charge on any atom is 0.338 e. The Morgan fingerprint density at radius 3 is 1.95 bits per heavy atom. The summed E-state index contributed by atoms with van der Waals surface area (Å²) in [6.45, 7) is 5.61. The quantitative estimate of drug-likeness (QED) is 0.175. The molecule has 1 amide bonds. The summed E-state index contributed by atoms with van der Waals surface area (Å²) in [4.78, 5) is 36.9. The van der Waals surface area contributed by atoms with E-state index in [1.54, 1.807) is 36.4 Å². The topological polar surface area (TPSA) is 106 Å². The molecule has 0 aromatic heterocycles. The number of nitrogens with one attached hydrogen (secondary N) is 1. The van der Waals surface area contributed by atoms with Crippen molar-refractivity contribution in [2.75, 3.05) is 18.5 Å². The number of ether oxygens (including phenoxy) is 2. The highest BCUT2D eigenvalue weighted by molar-refractivity contribution is 6.04. The summed E-state index contributed by atoms with van der Waals surface area (Å²) >= 11 is 0. The van der Waals surface area contributed by atoms with Gasteiger partial charge < -0.3 is 14.8 Å². The highest BCUT2D eigenvalue weighted by Crippen LogP contribution is 2.24. The van der Waals surface area contributed by atoms with Gasteiger partial charge in [-0.25, -0.2) is 4.79 Å². The fraction of sp³-hybridized carbons (Fsp3) is 0.276. The molecule has 0 saturated carbocycles. The van der Waals surface area contributed by atoms with Crippen molar-refractivity contribution in [3.63, 3.8) is 0 Å². The van der Waals surface area contributed by atoms with Crippen molar-refractivity contribution in [3.05, 3.63) is 90.0 Å². The van der Waals surface area contributed by atoms with Gasteiger partial charge in [0, 0.05) is 11.3 Å². The van der Waals surface area contributed by atoms with E-state index in [2.05, 4.69) is 15.5 Å². The smallest absolute Gasteiger partial charge is 0.338 e. The molecule has 1 N–H and O–H groups in total. The second-order valence-corrected chi connectivity index (χ2v) is 9.02. The van der Waals surface area contributed by atoms with E-state index in [4.69, 9.17) is 9.47 Å². The summed E-state index contributed by atoms with van der Waals surface area (Å²) in [7, 11) is 0. The van der Waals surface area contributed by atoms with Crippen LogP contribution in [0, 0.1) is 5.41 Å². The first kappa shape index (κ1) is 27.3. The molecule has 3 rings (SSSR count). The van der Waals surface area contributed by atoms with Gasteiger partial charge in [-0.1, -0.05) is 31.5 Å². The standard InChI is InChI=1S/C29H31N3O5/c1-4-18-29(2,3)28(35)37-20-19-36-27(34)22-12-10-21(11-13-22)26(33)30-23-14-16-25(17-15-23)32-31-24-8-6-5-7-9-24/h5-17H,4,18-20H2,1-3H3,(H,30,33). The molecule has 3 aromatic carbocycles. The van der Waals surface area contributed by atoms with Gasteiger partial charge in [0.05, 0.1) is 22.4 Å². The molecule has 0 spiro atoms. The van der Waals surface area contributed by atoms with E-state index in [0.29, 0.717) is 22.5 Å². The molecule has 192 valence electrons. The first-order valence-corrected chi connectivity index (χ1v) is 12.1. The molecule has 8 heteroatoms. The van der Waals surface area contributed by atoms with Crippen LogP contribution in [0.5, 0.6) is 0 Å². The zero-order chi connectivity index (χ0) is 26.7. The van der Waals surface area contributed by atoms with Crippen LogP contribution in [0.2, 0.25) is 0 Å². The largest absolute Gasteiger partial charge is 0.462 e. The van der Waals surface area contributed by atoms with Crippen molar-refractivity contribution >= 4 is 34.9 Å². The molecule has 0 aliphatic rings. The number of carbonyl (C=O) groups excluding carboxylic acids is 3. The van der Waals surface area contributed by atoms with Crippen LogP contribution in [-0.4, -0.2) is 31.1 Å². The Hall–Kier alpha value is -4.33. The van der Waals surface area contributed by atoms with Crippen molar-refractivity contribution in [2.45, 2.75) is 33.6 Å². The molecule has 8 nitrogen and oxygen atoms in total. The Kier molecular flexibility index (Phi) is 9.66. The van der Waals surface area contributed by atoms with Crippen molar-refractivity contribution < 1.29 is 23.9 Å². The molecule has 0 aliphatic heterocycles. The van der Waals surface area contributed by atoms with Crippen molar-refractivity contribution in [1.82, 2.24) is 0 Å². The second-order valence-electron chi connectivity index (χ2n) is 9.02. The summed E-state index contributed by atoms with van der Waals surface area (Å²) in [5.41, 5.74) is 2.12. The SMILES string of the molecule is CCCC(C)(C)C(=O)OCCOC(=O)c1ccc(C(=O)Nc2ccc(N=Nc3ccccc3)cc2)cc1. The number of carbonyl (C=O) groups is 3. The van der Waals surface area contributed by atoms with Crippen LogP contribution in [0.3, 0.4) is 0 Å². The van der Waals surface area contributed by atoms with Gasteiger partial charge in [0.15, 0.2) is 0 Å².